The average molecular weight is 227 g/mol. The zero-order valence-electron chi connectivity index (χ0n) is 6.89. The number of aryl methyl sites for hydroxylation is 1. The number of nitrogens with two attached hydrogens (primary N) is 1. The first-order valence-corrected chi connectivity index (χ1v) is 4.56. The third kappa shape index (κ3) is 1.67. The van der Waals surface area contributed by atoms with E-state index in [0.717, 1.165) is 27.7 Å². The summed E-state index contributed by atoms with van der Waals surface area (Å²) < 4.78 is 0.979. The predicted molar refractivity (Wildman–Crippen MR) is 55.8 cm³/mol. The van der Waals surface area contributed by atoms with E-state index >= 15 is 0 Å². The van der Waals surface area contributed by atoms with Crippen molar-refractivity contribution >= 4 is 27.8 Å². The van der Waals surface area contributed by atoms with Crippen LogP contribution in [0.2, 0.25) is 0 Å². The molecule has 2 nitrogen and oxygen atoms in total. The van der Waals surface area contributed by atoms with Gasteiger partial charge in [0.1, 0.15) is 0 Å². The Labute approximate surface area is 80.4 Å². The Morgan fingerprint density at radius 1 is 1.58 bits per heavy atom. The molecule has 0 spiro atoms. The van der Waals surface area contributed by atoms with Gasteiger partial charge in [0.2, 0.25) is 0 Å². The summed E-state index contributed by atoms with van der Waals surface area (Å²) in [4.78, 5) is 0. The molecule has 0 saturated heterocycles. The van der Waals surface area contributed by atoms with Gasteiger partial charge in [-0.2, -0.15) is 0 Å². The van der Waals surface area contributed by atoms with Crippen molar-refractivity contribution in [2.45, 2.75) is 13.3 Å². The minimum atomic E-state index is 0.718. The molecule has 0 unspecified atom stereocenters. The summed E-state index contributed by atoms with van der Waals surface area (Å²) in [5.74, 6) is 0. The molecule has 12 heavy (non-hydrogen) atoms. The fraction of sp³-hybridized carbons (Fsp3) is 0.222. The van der Waals surface area contributed by atoms with Crippen molar-refractivity contribution in [1.29, 1.82) is 5.41 Å². The van der Waals surface area contributed by atoms with Crippen molar-refractivity contribution in [3.63, 3.8) is 0 Å². The number of hydrogen-bond donors (Lipinski definition) is 2. The minimum Gasteiger partial charge on any atom is -0.398 e. The Hall–Kier alpha value is -0.830. The van der Waals surface area contributed by atoms with Crippen molar-refractivity contribution < 1.29 is 0 Å². The maximum atomic E-state index is 7.13. The summed E-state index contributed by atoms with van der Waals surface area (Å²) in [6.07, 6.45) is 2.17. The fourth-order valence-corrected chi connectivity index (χ4v) is 1.63. The van der Waals surface area contributed by atoms with E-state index in [2.05, 4.69) is 15.9 Å². The highest BCUT2D eigenvalue weighted by Gasteiger charge is 2.02. The first-order chi connectivity index (χ1) is 5.69. The Bertz CT molecular complexity index is 308. The number of anilines is 1. The van der Waals surface area contributed by atoms with Crippen LogP contribution in [0.4, 0.5) is 5.69 Å². The molecule has 3 N–H and O–H groups in total. The van der Waals surface area contributed by atoms with Crippen LogP contribution in [-0.2, 0) is 6.42 Å². The van der Waals surface area contributed by atoms with Crippen LogP contribution in [0.5, 0.6) is 0 Å². The zero-order chi connectivity index (χ0) is 9.14. The van der Waals surface area contributed by atoms with Crippen LogP contribution in [0.15, 0.2) is 16.6 Å². The van der Waals surface area contributed by atoms with Gasteiger partial charge in [-0.1, -0.05) is 22.9 Å². The van der Waals surface area contributed by atoms with Crippen molar-refractivity contribution in [3.05, 3.63) is 27.7 Å². The molecule has 0 amide bonds. The van der Waals surface area contributed by atoms with Crippen molar-refractivity contribution in [1.82, 2.24) is 0 Å². The Kier molecular flexibility index (Phi) is 2.87. The standard InChI is InChI=1S/C9H11BrN2/c1-2-6-3-8(10)4-7(5-11)9(6)12/h3-5,11H,2,12H2,1H3. The fourth-order valence-electron chi connectivity index (χ4n) is 1.11. The lowest BCUT2D eigenvalue weighted by atomic mass is 10.1. The summed E-state index contributed by atoms with van der Waals surface area (Å²) in [5, 5.41) is 7.13. The van der Waals surface area contributed by atoms with E-state index in [9.17, 15) is 0 Å². The smallest absolute Gasteiger partial charge is 0.0436 e. The van der Waals surface area contributed by atoms with E-state index < -0.39 is 0 Å². The molecule has 0 aliphatic heterocycles. The van der Waals surface area contributed by atoms with Crippen LogP contribution in [0.1, 0.15) is 18.1 Å². The van der Waals surface area contributed by atoms with E-state index in [0.29, 0.717) is 0 Å². The van der Waals surface area contributed by atoms with Crippen molar-refractivity contribution in [2.24, 2.45) is 0 Å². The number of rotatable bonds is 2. The molecule has 0 bridgehead atoms. The Balaban J connectivity index is 3.31. The van der Waals surface area contributed by atoms with Gasteiger partial charge in [0.05, 0.1) is 0 Å². The topological polar surface area (TPSA) is 49.9 Å². The van der Waals surface area contributed by atoms with Gasteiger partial charge in [-0.25, -0.2) is 0 Å². The summed E-state index contributed by atoms with van der Waals surface area (Å²) in [6.45, 7) is 2.05. The van der Waals surface area contributed by atoms with E-state index in [1.165, 1.54) is 6.21 Å². The normalized spacial score (nSPS) is 9.83. The number of hydrogen-bond acceptors (Lipinski definition) is 2. The molecule has 1 aromatic rings. The molecule has 0 aliphatic rings. The maximum Gasteiger partial charge on any atom is 0.0436 e. The van der Waals surface area contributed by atoms with E-state index in [1.807, 2.05) is 19.1 Å². The van der Waals surface area contributed by atoms with Gasteiger partial charge in [-0.3, -0.25) is 0 Å². The molecule has 0 aromatic heterocycles. The third-order valence-electron chi connectivity index (χ3n) is 1.80. The van der Waals surface area contributed by atoms with Crippen LogP contribution < -0.4 is 5.73 Å². The molecule has 1 aromatic carbocycles. The third-order valence-corrected chi connectivity index (χ3v) is 2.26. The minimum absolute atomic E-state index is 0.718. The molecule has 3 heteroatoms. The zero-order valence-corrected chi connectivity index (χ0v) is 8.48. The van der Waals surface area contributed by atoms with Gasteiger partial charge in [0.15, 0.2) is 0 Å². The molecule has 0 heterocycles. The predicted octanol–water partition coefficient (Wildman–Crippen LogP) is 2.59. The molecular weight excluding hydrogens is 216 g/mol. The van der Waals surface area contributed by atoms with Crippen LogP contribution in [0.25, 0.3) is 0 Å². The first-order valence-electron chi connectivity index (χ1n) is 3.77. The highest BCUT2D eigenvalue weighted by molar-refractivity contribution is 9.10. The van der Waals surface area contributed by atoms with Gasteiger partial charge in [-0.05, 0) is 24.1 Å². The summed E-state index contributed by atoms with van der Waals surface area (Å²) >= 11 is 3.37. The summed E-state index contributed by atoms with van der Waals surface area (Å²) in [6, 6.07) is 3.84. The summed E-state index contributed by atoms with van der Waals surface area (Å²) in [5.41, 5.74) is 8.38. The molecule has 0 fully saturated rings. The highest BCUT2D eigenvalue weighted by Crippen LogP contribution is 2.22. The van der Waals surface area contributed by atoms with E-state index in [4.69, 9.17) is 11.1 Å². The second-order valence-electron chi connectivity index (χ2n) is 2.57. The highest BCUT2D eigenvalue weighted by atomic mass is 79.9. The second-order valence-corrected chi connectivity index (χ2v) is 3.48. The van der Waals surface area contributed by atoms with Gasteiger partial charge in [0, 0.05) is 21.9 Å². The number of benzene rings is 1. The SMILES string of the molecule is CCc1cc(Br)cc(C=N)c1N. The van der Waals surface area contributed by atoms with Crippen molar-refractivity contribution in [3.8, 4) is 0 Å². The van der Waals surface area contributed by atoms with E-state index in [1.54, 1.807) is 0 Å². The lowest BCUT2D eigenvalue weighted by molar-refractivity contribution is 1.14. The maximum absolute atomic E-state index is 7.13. The molecule has 0 atom stereocenters. The molecule has 0 radical (unpaired) electrons. The van der Waals surface area contributed by atoms with Crippen LogP contribution in [0.3, 0.4) is 0 Å². The number of nitrogen functional groups attached to an aromatic ring is 1. The van der Waals surface area contributed by atoms with Gasteiger partial charge in [-0.15, -0.1) is 0 Å². The quantitative estimate of drug-likeness (QED) is 0.592. The van der Waals surface area contributed by atoms with Crippen LogP contribution in [-0.4, -0.2) is 6.21 Å². The summed E-state index contributed by atoms with van der Waals surface area (Å²) in [7, 11) is 0. The molecule has 64 valence electrons. The molecular formula is C9H11BrN2. The number of halogens is 1. The monoisotopic (exact) mass is 226 g/mol. The van der Waals surface area contributed by atoms with Gasteiger partial charge < -0.3 is 11.1 Å². The van der Waals surface area contributed by atoms with Crippen LogP contribution >= 0.6 is 15.9 Å². The van der Waals surface area contributed by atoms with E-state index in [-0.39, 0.29) is 0 Å². The molecule has 1 rings (SSSR count). The molecule has 0 saturated carbocycles. The van der Waals surface area contributed by atoms with Gasteiger partial charge >= 0.3 is 0 Å². The second kappa shape index (κ2) is 3.72. The average Bonchev–Trinajstić information content (AvgIpc) is 2.08. The Morgan fingerprint density at radius 3 is 2.75 bits per heavy atom. The largest absolute Gasteiger partial charge is 0.398 e. The number of nitrogens with one attached hydrogen (secondary N) is 1. The lowest BCUT2D eigenvalue weighted by Crippen LogP contribution is -1.98. The van der Waals surface area contributed by atoms with Crippen LogP contribution in [0, 0.1) is 5.41 Å². The lowest BCUT2D eigenvalue weighted by Gasteiger charge is -2.06. The van der Waals surface area contributed by atoms with Gasteiger partial charge in [0.25, 0.3) is 0 Å². The first kappa shape index (κ1) is 9.26. The van der Waals surface area contributed by atoms with Crippen molar-refractivity contribution in [2.75, 3.05) is 5.73 Å². The molecule has 0 aliphatic carbocycles. The Morgan fingerprint density at radius 2 is 2.25 bits per heavy atom.